The molecule has 1 aliphatic rings. The van der Waals surface area contributed by atoms with Gasteiger partial charge in [-0.1, -0.05) is 30.7 Å². The molecule has 3 rings (SSSR count). The van der Waals surface area contributed by atoms with Gasteiger partial charge < -0.3 is 4.42 Å². The summed E-state index contributed by atoms with van der Waals surface area (Å²) in [5.74, 6) is 7.25. The fraction of sp³-hybridized carbons (Fsp3) is 0.333. The van der Waals surface area contributed by atoms with Crippen LogP contribution in [-0.2, 0) is 0 Å². The van der Waals surface area contributed by atoms with Crippen LogP contribution < -0.4 is 11.3 Å². The Bertz CT molecular complexity index is 503. The van der Waals surface area contributed by atoms with Crippen molar-refractivity contribution in [2.24, 2.45) is 5.84 Å². The number of nitrogens with two attached hydrogens (primary N) is 1. The van der Waals surface area contributed by atoms with E-state index in [9.17, 15) is 0 Å². The Morgan fingerprint density at radius 2 is 2.11 bits per heavy atom. The molecule has 1 aliphatic carbocycles. The molecule has 1 aromatic carbocycles. The lowest BCUT2D eigenvalue weighted by atomic mass is 9.79. The van der Waals surface area contributed by atoms with E-state index in [-0.39, 0.29) is 6.04 Å². The molecule has 1 heterocycles. The molecule has 0 saturated heterocycles. The van der Waals surface area contributed by atoms with E-state index in [1.165, 1.54) is 24.8 Å². The van der Waals surface area contributed by atoms with Crippen LogP contribution in [0.2, 0.25) is 0 Å². The first-order chi connectivity index (χ1) is 8.88. The summed E-state index contributed by atoms with van der Waals surface area (Å²) >= 11 is 0. The Morgan fingerprint density at radius 3 is 2.72 bits per heavy atom. The highest BCUT2D eigenvalue weighted by molar-refractivity contribution is 5.33. The number of benzene rings is 1. The van der Waals surface area contributed by atoms with E-state index in [2.05, 4.69) is 29.7 Å². The summed E-state index contributed by atoms with van der Waals surface area (Å²) < 4.78 is 5.44. The molecule has 0 amide bonds. The van der Waals surface area contributed by atoms with Crippen LogP contribution in [0, 0.1) is 0 Å². The van der Waals surface area contributed by atoms with Crippen molar-refractivity contribution in [2.45, 2.75) is 31.2 Å². The van der Waals surface area contributed by atoms with Crippen molar-refractivity contribution < 1.29 is 4.42 Å². The van der Waals surface area contributed by atoms with E-state index in [0.29, 0.717) is 0 Å². The zero-order valence-corrected chi connectivity index (χ0v) is 10.3. The Balaban J connectivity index is 1.90. The predicted molar refractivity (Wildman–Crippen MR) is 70.9 cm³/mol. The molecule has 1 unspecified atom stereocenters. The SMILES string of the molecule is NNC(c1cccc(C2CCC2)c1)c1ccco1. The minimum atomic E-state index is -0.0694. The van der Waals surface area contributed by atoms with Gasteiger partial charge in [0.15, 0.2) is 0 Å². The second kappa shape index (κ2) is 4.96. The van der Waals surface area contributed by atoms with Gasteiger partial charge in [0.05, 0.1) is 6.26 Å². The van der Waals surface area contributed by atoms with Gasteiger partial charge in [-0.15, -0.1) is 0 Å². The van der Waals surface area contributed by atoms with Crippen molar-refractivity contribution in [3.63, 3.8) is 0 Å². The van der Waals surface area contributed by atoms with Crippen LogP contribution in [-0.4, -0.2) is 0 Å². The molecule has 0 bridgehead atoms. The van der Waals surface area contributed by atoms with Gasteiger partial charge in [-0.2, -0.15) is 0 Å². The average molecular weight is 242 g/mol. The monoisotopic (exact) mass is 242 g/mol. The van der Waals surface area contributed by atoms with E-state index in [1.54, 1.807) is 6.26 Å². The topological polar surface area (TPSA) is 51.2 Å². The molecule has 0 spiro atoms. The minimum Gasteiger partial charge on any atom is -0.467 e. The normalized spacial score (nSPS) is 17.4. The number of hydrogen-bond acceptors (Lipinski definition) is 3. The van der Waals surface area contributed by atoms with E-state index in [4.69, 9.17) is 10.3 Å². The summed E-state index contributed by atoms with van der Waals surface area (Å²) in [5, 5.41) is 0. The van der Waals surface area contributed by atoms with Gasteiger partial charge in [0, 0.05) is 0 Å². The van der Waals surface area contributed by atoms with Crippen molar-refractivity contribution in [1.29, 1.82) is 0 Å². The first kappa shape index (κ1) is 11.5. The third-order valence-electron chi connectivity index (χ3n) is 3.81. The first-order valence-electron chi connectivity index (χ1n) is 6.48. The summed E-state index contributed by atoms with van der Waals surface area (Å²) in [5.41, 5.74) is 5.41. The number of rotatable bonds is 4. The summed E-state index contributed by atoms with van der Waals surface area (Å²) in [7, 11) is 0. The first-order valence-corrected chi connectivity index (χ1v) is 6.48. The Kier molecular flexibility index (Phi) is 3.17. The maximum Gasteiger partial charge on any atom is 0.126 e. The summed E-state index contributed by atoms with van der Waals surface area (Å²) in [6.07, 6.45) is 5.65. The highest BCUT2D eigenvalue weighted by Crippen LogP contribution is 2.37. The van der Waals surface area contributed by atoms with Crippen molar-refractivity contribution in [2.75, 3.05) is 0 Å². The number of hydrogen-bond donors (Lipinski definition) is 2. The third-order valence-corrected chi connectivity index (χ3v) is 3.81. The molecule has 3 heteroatoms. The molecular weight excluding hydrogens is 224 g/mol. The molecule has 1 saturated carbocycles. The Labute approximate surface area is 107 Å². The Morgan fingerprint density at radius 1 is 1.22 bits per heavy atom. The van der Waals surface area contributed by atoms with E-state index < -0.39 is 0 Å². The van der Waals surface area contributed by atoms with Gasteiger partial charge in [0.2, 0.25) is 0 Å². The number of hydrazine groups is 1. The zero-order valence-electron chi connectivity index (χ0n) is 10.3. The van der Waals surface area contributed by atoms with E-state index in [0.717, 1.165) is 17.2 Å². The average Bonchev–Trinajstić information content (AvgIpc) is 2.82. The van der Waals surface area contributed by atoms with E-state index >= 15 is 0 Å². The molecule has 2 aromatic rings. The lowest BCUT2D eigenvalue weighted by molar-refractivity contribution is 0.418. The highest BCUT2D eigenvalue weighted by atomic mass is 16.3. The molecule has 0 aliphatic heterocycles. The summed E-state index contributed by atoms with van der Waals surface area (Å²) in [4.78, 5) is 0. The molecule has 1 fully saturated rings. The lowest BCUT2D eigenvalue weighted by Gasteiger charge is -2.26. The minimum absolute atomic E-state index is 0.0694. The fourth-order valence-electron chi connectivity index (χ4n) is 2.53. The van der Waals surface area contributed by atoms with Crippen LogP contribution in [0.25, 0.3) is 0 Å². The van der Waals surface area contributed by atoms with Crippen molar-refractivity contribution in [3.05, 3.63) is 59.5 Å². The lowest BCUT2D eigenvalue weighted by Crippen LogP contribution is -2.28. The van der Waals surface area contributed by atoms with Crippen molar-refractivity contribution >= 4 is 0 Å². The van der Waals surface area contributed by atoms with Crippen molar-refractivity contribution in [1.82, 2.24) is 5.43 Å². The highest BCUT2D eigenvalue weighted by Gasteiger charge is 2.21. The maximum absolute atomic E-state index is 5.66. The largest absolute Gasteiger partial charge is 0.467 e. The third kappa shape index (κ3) is 2.07. The quantitative estimate of drug-likeness (QED) is 0.640. The molecular formula is C15H18N2O. The molecule has 3 nitrogen and oxygen atoms in total. The van der Waals surface area contributed by atoms with Crippen LogP contribution in [0.5, 0.6) is 0 Å². The van der Waals surface area contributed by atoms with Crippen LogP contribution >= 0.6 is 0 Å². The van der Waals surface area contributed by atoms with Crippen LogP contribution in [0.1, 0.15) is 48.1 Å². The molecule has 94 valence electrons. The zero-order chi connectivity index (χ0) is 12.4. The van der Waals surface area contributed by atoms with Gasteiger partial charge >= 0.3 is 0 Å². The van der Waals surface area contributed by atoms with E-state index in [1.807, 2.05) is 12.1 Å². The standard InChI is InChI=1S/C15H18N2O/c16-17-15(14-8-3-9-18-14)13-7-2-6-12(10-13)11-4-1-5-11/h2-3,6-11,15,17H,1,4-5,16H2. The van der Waals surface area contributed by atoms with Crippen LogP contribution in [0.4, 0.5) is 0 Å². The number of nitrogens with one attached hydrogen (secondary N) is 1. The molecule has 18 heavy (non-hydrogen) atoms. The van der Waals surface area contributed by atoms with Crippen molar-refractivity contribution in [3.8, 4) is 0 Å². The number of furan rings is 1. The molecule has 1 atom stereocenters. The Hall–Kier alpha value is -1.58. The van der Waals surface area contributed by atoms with Gasteiger partial charge in [-0.3, -0.25) is 5.84 Å². The molecule has 1 aromatic heterocycles. The predicted octanol–water partition coefficient (Wildman–Crippen LogP) is 3.10. The van der Waals surface area contributed by atoms with Gasteiger partial charge in [-0.25, -0.2) is 5.43 Å². The van der Waals surface area contributed by atoms with Gasteiger partial charge in [0.25, 0.3) is 0 Å². The molecule has 0 radical (unpaired) electrons. The van der Waals surface area contributed by atoms with Crippen LogP contribution in [0.3, 0.4) is 0 Å². The second-order valence-corrected chi connectivity index (χ2v) is 4.91. The summed E-state index contributed by atoms with van der Waals surface area (Å²) in [6, 6.07) is 12.4. The smallest absolute Gasteiger partial charge is 0.126 e. The van der Waals surface area contributed by atoms with Gasteiger partial charge in [-0.05, 0) is 42.0 Å². The van der Waals surface area contributed by atoms with Crippen LogP contribution in [0.15, 0.2) is 47.1 Å². The second-order valence-electron chi connectivity index (χ2n) is 4.91. The summed E-state index contributed by atoms with van der Waals surface area (Å²) in [6.45, 7) is 0. The fourth-order valence-corrected chi connectivity index (χ4v) is 2.53. The molecule has 3 N–H and O–H groups in total. The van der Waals surface area contributed by atoms with Gasteiger partial charge in [0.1, 0.15) is 11.8 Å². The maximum atomic E-state index is 5.66.